The summed E-state index contributed by atoms with van der Waals surface area (Å²) in [6.07, 6.45) is 0. The molecule has 1 aliphatic heterocycles. The van der Waals surface area contributed by atoms with Gasteiger partial charge in [0.1, 0.15) is 5.69 Å². The van der Waals surface area contributed by atoms with Crippen LogP contribution in [0.25, 0.3) is 0 Å². The molecule has 0 saturated heterocycles. The van der Waals surface area contributed by atoms with Crippen molar-refractivity contribution in [2.45, 2.75) is 0 Å². The second-order valence-corrected chi connectivity index (χ2v) is 3.61. The van der Waals surface area contributed by atoms with Gasteiger partial charge in [0.25, 0.3) is 11.6 Å². The SMILES string of the molecule is O=C1COc2cc([N+](=O)[O-])c(NCCO)cc2N1. The number of nitrogens with one attached hydrogen (secondary N) is 2. The topological polar surface area (TPSA) is 114 Å². The van der Waals surface area contributed by atoms with Crippen molar-refractivity contribution in [1.29, 1.82) is 0 Å². The summed E-state index contributed by atoms with van der Waals surface area (Å²) in [5, 5.41) is 24.9. The standard InChI is InChI=1S/C10H11N3O5/c14-2-1-11-6-3-7-9(4-8(6)13(16)17)18-5-10(15)12-7/h3-4,11,14H,1-2,5H2,(H,12,15). The number of hydrogen-bond donors (Lipinski definition) is 3. The smallest absolute Gasteiger partial charge is 0.296 e. The van der Waals surface area contributed by atoms with Gasteiger partial charge in [0, 0.05) is 6.54 Å². The van der Waals surface area contributed by atoms with Crippen LogP contribution in [0, 0.1) is 10.1 Å². The summed E-state index contributed by atoms with van der Waals surface area (Å²) in [6, 6.07) is 2.66. The molecule has 0 radical (unpaired) electrons. The van der Waals surface area contributed by atoms with Gasteiger partial charge in [0.05, 0.1) is 23.3 Å². The monoisotopic (exact) mass is 253 g/mol. The zero-order valence-corrected chi connectivity index (χ0v) is 9.30. The Kier molecular flexibility index (Phi) is 3.28. The number of aliphatic hydroxyl groups is 1. The third kappa shape index (κ3) is 2.33. The van der Waals surface area contributed by atoms with Crippen molar-refractivity contribution in [1.82, 2.24) is 0 Å². The predicted octanol–water partition coefficient (Wildman–Crippen LogP) is 0.330. The molecule has 0 aliphatic carbocycles. The first-order chi connectivity index (χ1) is 8.61. The Hall–Kier alpha value is -2.35. The number of carbonyl (C=O) groups is 1. The van der Waals surface area contributed by atoms with Gasteiger partial charge in [-0.15, -0.1) is 0 Å². The number of carbonyl (C=O) groups excluding carboxylic acids is 1. The van der Waals surface area contributed by atoms with E-state index in [4.69, 9.17) is 9.84 Å². The van der Waals surface area contributed by atoms with E-state index in [1.807, 2.05) is 0 Å². The maximum Gasteiger partial charge on any atom is 0.296 e. The fourth-order valence-corrected chi connectivity index (χ4v) is 1.60. The Morgan fingerprint density at radius 2 is 2.33 bits per heavy atom. The lowest BCUT2D eigenvalue weighted by Crippen LogP contribution is -2.25. The molecule has 8 nitrogen and oxygen atoms in total. The van der Waals surface area contributed by atoms with E-state index in [2.05, 4.69) is 10.6 Å². The summed E-state index contributed by atoms with van der Waals surface area (Å²) in [4.78, 5) is 21.5. The van der Waals surface area contributed by atoms with Gasteiger partial charge >= 0.3 is 0 Å². The lowest BCUT2D eigenvalue weighted by molar-refractivity contribution is -0.384. The lowest BCUT2D eigenvalue weighted by Gasteiger charge is -2.18. The molecule has 0 saturated carbocycles. The van der Waals surface area contributed by atoms with Crippen molar-refractivity contribution in [2.75, 3.05) is 30.4 Å². The Morgan fingerprint density at radius 1 is 1.56 bits per heavy atom. The van der Waals surface area contributed by atoms with Crippen LogP contribution in [0.3, 0.4) is 0 Å². The average molecular weight is 253 g/mol. The first-order valence-electron chi connectivity index (χ1n) is 5.21. The van der Waals surface area contributed by atoms with Crippen molar-refractivity contribution in [3.8, 4) is 5.75 Å². The largest absolute Gasteiger partial charge is 0.481 e. The third-order valence-corrected chi connectivity index (χ3v) is 2.35. The third-order valence-electron chi connectivity index (χ3n) is 2.35. The Balaban J connectivity index is 2.40. The van der Waals surface area contributed by atoms with E-state index < -0.39 is 4.92 Å². The van der Waals surface area contributed by atoms with Crippen LogP contribution in [0.15, 0.2) is 12.1 Å². The van der Waals surface area contributed by atoms with E-state index in [9.17, 15) is 14.9 Å². The zero-order valence-electron chi connectivity index (χ0n) is 9.30. The van der Waals surface area contributed by atoms with Crippen LogP contribution in [-0.4, -0.2) is 35.7 Å². The highest BCUT2D eigenvalue weighted by molar-refractivity contribution is 5.96. The van der Waals surface area contributed by atoms with E-state index in [0.717, 1.165) is 0 Å². The van der Waals surface area contributed by atoms with Gasteiger partial charge in [0.2, 0.25) is 0 Å². The first kappa shape index (κ1) is 12.1. The van der Waals surface area contributed by atoms with E-state index in [1.165, 1.54) is 12.1 Å². The molecular weight excluding hydrogens is 242 g/mol. The van der Waals surface area contributed by atoms with Gasteiger partial charge in [-0.2, -0.15) is 0 Å². The number of amides is 1. The number of aliphatic hydroxyl groups excluding tert-OH is 1. The predicted molar refractivity (Wildman–Crippen MR) is 62.8 cm³/mol. The van der Waals surface area contributed by atoms with Gasteiger partial charge in [0.15, 0.2) is 12.4 Å². The molecule has 3 N–H and O–H groups in total. The molecule has 1 aliphatic rings. The molecule has 1 aromatic rings. The summed E-state index contributed by atoms with van der Waals surface area (Å²) in [5.41, 5.74) is 0.425. The molecule has 0 spiro atoms. The first-order valence-corrected chi connectivity index (χ1v) is 5.21. The van der Waals surface area contributed by atoms with Gasteiger partial charge in [-0.3, -0.25) is 14.9 Å². The van der Waals surface area contributed by atoms with Crippen LogP contribution >= 0.6 is 0 Å². The normalized spacial score (nSPS) is 13.3. The van der Waals surface area contributed by atoms with Crippen LogP contribution in [0.4, 0.5) is 17.1 Å². The molecule has 8 heteroatoms. The molecule has 0 unspecified atom stereocenters. The molecule has 2 rings (SSSR count). The zero-order chi connectivity index (χ0) is 13.1. The van der Waals surface area contributed by atoms with Crippen molar-refractivity contribution >= 4 is 23.0 Å². The Bertz CT molecular complexity index is 503. The molecule has 0 fully saturated rings. The summed E-state index contributed by atoms with van der Waals surface area (Å²) in [6.45, 7) is -0.140. The highest BCUT2D eigenvalue weighted by atomic mass is 16.6. The van der Waals surface area contributed by atoms with Gasteiger partial charge in [-0.05, 0) is 6.07 Å². The summed E-state index contributed by atoms with van der Waals surface area (Å²) >= 11 is 0. The quantitative estimate of drug-likeness (QED) is 0.526. The number of nitro groups is 1. The molecule has 0 atom stereocenters. The number of anilines is 2. The van der Waals surface area contributed by atoms with E-state index in [-0.39, 0.29) is 42.8 Å². The number of ether oxygens (including phenoxy) is 1. The number of rotatable bonds is 4. The van der Waals surface area contributed by atoms with Crippen molar-refractivity contribution < 1.29 is 19.6 Å². The maximum atomic E-state index is 11.1. The second-order valence-electron chi connectivity index (χ2n) is 3.61. The molecule has 0 bridgehead atoms. The lowest BCUT2D eigenvalue weighted by atomic mass is 10.2. The maximum absolute atomic E-state index is 11.1. The number of nitrogens with zero attached hydrogens (tertiary/aromatic N) is 1. The van der Waals surface area contributed by atoms with Crippen molar-refractivity contribution in [2.24, 2.45) is 0 Å². The molecule has 18 heavy (non-hydrogen) atoms. The van der Waals surface area contributed by atoms with Crippen LogP contribution < -0.4 is 15.4 Å². The highest BCUT2D eigenvalue weighted by Gasteiger charge is 2.23. The van der Waals surface area contributed by atoms with E-state index in [0.29, 0.717) is 5.69 Å². The van der Waals surface area contributed by atoms with Crippen LogP contribution in [0.1, 0.15) is 0 Å². The van der Waals surface area contributed by atoms with Crippen molar-refractivity contribution in [3.63, 3.8) is 0 Å². The second kappa shape index (κ2) is 4.88. The number of hydrogen-bond acceptors (Lipinski definition) is 6. The fourth-order valence-electron chi connectivity index (χ4n) is 1.60. The molecule has 1 heterocycles. The van der Waals surface area contributed by atoms with E-state index >= 15 is 0 Å². The average Bonchev–Trinajstić information content (AvgIpc) is 2.34. The minimum atomic E-state index is -0.556. The van der Waals surface area contributed by atoms with Crippen LogP contribution in [-0.2, 0) is 4.79 Å². The molecule has 96 valence electrons. The Morgan fingerprint density at radius 3 is 3.00 bits per heavy atom. The summed E-state index contributed by atoms with van der Waals surface area (Å²) in [5.74, 6) is -0.0553. The van der Waals surface area contributed by atoms with Crippen LogP contribution in [0.5, 0.6) is 5.75 Å². The summed E-state index contributed by atoms with van der Waals surface area (Å²) < 4.78 is 5.09. The molecule has 1 amide bonds. The molecular formula is C10H11N3O5. The molecule has 1 aromatic carbocycles. The highest BCUT2D eigenvalue weighted by Crippen LogP contribution is 2.37. The summed E-state index contributed by atoms with van der Waals surface area (Å²) in [7, 11) is 0. The van der Waals surface area contributed by atoms with Crippen LogP contribution in [0.2, 0.25) is 0 Å². The van der Waals surface area contributed by atoms with Gasteiger partial charge in [-0.25, -0.2) is 0 Å². The fraction of sp³-hybridized carbons (Fsp3) is 0.300. The number of benzene rings is 1. The van der Waals surface area contributed by atoms with Gasteiger partial charge in [-0.1, -0.05) is 0 Å². The van der Waals surface area contributed by atoms with Crippen molar-refractivity contribution in [3.05, 3.63) is 22.2 Å². The molecule has 0 aromatic heterocycles. The van der Waals surface area contributed by atoms with E-state index in [1.54, 1.807) is 0 Å². The number of nitro benzene ring substituents is 1. The minimum absolute atomic E-state index is 0.156. The van der Waals surface area contributed by atoms with Gasteiger partial charge < -0.3 is 20.5 Å². The number of fused-ring (bicyclic) bond motifs is 1. The Labute approximate surface area is 102 Å². The minimum Gasteiger partial charge on any atom is -0.481 e.